The van der Waals surface area contributed by atoms with Crippen LogP contribution >= 0.6 is 11.6 Å². The van der Waals surface area contributed by atoms with E-state index < -0.39 is 5.54 Å². The number of terminal acetylenes is 1. The minimum Gasteiger partial charge on any atom is -0.322 e. The summed E-state index contributed by atoms with van der Waals surface area (Å²) in [4.78, 5) is 11.5. The molecule has 1 aromatic rings. The Bertz CT molecular complexity index is 435. The van der Waals surface area contributed by atoms with E-state index in [-0.39, 0.29) is 6.03 Å². The molecular weight excluding hydrogens is 224 g/mol. The Morgan fingerprint density at radius 1 is 1.50 bits per heavy atom. The van der Waals surface area contributed by atoms with Crippen molar-refractivity contribution in [3.05, 3.63) is 29.3 Å². The van der Waals surface area contributed by atoms with Gasteiger partial charge in [0, 0.05) is 10.7 Å². The van der Waals surface area contributed by atoms with Gasteiger partial charge in [-0.15, -0.1) is 6.42 Å². The minimum atomic E-state index is -0.678. The van der Waals surface area contributed by atoms with Gasteiger partial charge in [-0.05, 0) is 32.0 Å². The molecule has 2 N–H and O–H groups in total. The van der Waals surface area contributed by atoms with Crippen molar-refractivity contribution in [2.45, 2.75) is 19.4 Å². The van der Waals surface area contributed by atoms with E-state index in [2.05, 4.69) is 16.6 Å². The average Bonchev–Trinajstić information content (AvgIpc) is 2.16. The molecule has 1 rings (SSSR count). The minimum absolute atomic E-state index is 0.356. The Morgan fingerprint density at radius 2 is 2.19 bits per heavy atom. The number of benzene rings is 1. The van der Waals surface area contributed by atoms with Crippen molar-refractivity contribution < 1.29 is 4.79 Å². The number of carbonyl (C=O) groups is 1. The smallest absolute Gasteiger partial charge is 0.320 e. The first kappa shape index (κ1) is 12.4. The van der Waals surface area contributed by atoms with Gasteiger partial charge in [-0.25, -0.2) is 4.79 Å². The van der Waals surface area contributed by atoms with Crippen molar-refractivity contribution in [3.63, 3.8) is 0 Å². The summed E-state index contributed by atoms with van der Waals surface area (Å²) in [6.45, 7) is 3.48. The number of hydrogen-bond donors (Lipinski definition) is 2. The first-order valence-electron chi connectivity index (χ1n) is 4.75. The number of amides is 2. The van der Waals surface area contributed by atoms with Gasteiger partial charge in [-0.3, -0.25) is 0 Å². The molecule has 0 aliphatic rings. The zero-order chi connectivity index (χ0) is 12.2. The van der Waals surface area contributed by atoms with Gasteiger partial charge in [-0.1, -0.05) is 23.6 Å². The van der Waals surface area contributed by atoms with Crippen LogP contribution in [0, 0.1) is 12.3 Å². The van der Waals surface area contributed by atoms with Crippen LogP contribution in [0.25, 0.3) is 0 Å². The number of hydrogen-bond acceptors (Lipinski definition) is 1. The highest BCUT2D eigenvalue weighted by molar-refractivity contribution is 6.30. The third kappa shape index (κ3) is 3.84. The first-order chi connectivity index (χ1) is 7.43. The van der Waals surface area contributed by atoms with Crippen molar-refractivity contribution in [1.82, 2.24) is 5.32 Å². The van der Waals surface area contributed by atoms with Crippen LogP contribution in [0.15, 0.2) is 24.3 Å². The van der Waals surface area contributed by atoms with Crippen LogP contribution in [0.2, 0.25) is 5.02 Å². The number of urea groups is 1. The van der Waals surface area contributed by atoms with Crippen molar-refractivity contribution in [1.29, 1.82) is 0 Å². The second-order valence-electron chi connectivity index (χ2n) is 3.86. The molecule has 0 bridgehead atoms. The largest absolute Gasteiger partial charge is 0.322 e. The predicted molar refractivity (Wildman–Crippen MR) is 66.5 cm³/mol. The number of nitrogens with one attached hydrogen (secondary N) is 2. The highest BCUT2D eigenvalue weighted by Gasteiger charge is 2.16. The molecule has 84 valence electrons. The molecule has 4 heteroatoms. The number of halogens is 1. The molecule has 0 heterocycles. The van der Waals surface area contributed by atoms with Crippen molar-refractivity contribution >= 4 is 23.3 Å². The Morgan fingerprint density at radius 3 is 2.75 bits per heavy atom. The van der Waals surface area contributed by atoms with Gasteiger partial charge in [-0.2, -0.15) is 0 Å². The fraction of sp³-hybridized carbons (Fsp3) is 0.250. The first-order valence-corrected chi connectivity index (χ1v) is 5.13. The van der Waals surface area contributed by atoms with Gasteiger partial charge in [0.25, 0.3) is 0 Å². The van der Waals surface area contributed by atoms with Crippen LogP contribution in [-0.4, -0.2) is 11.6 Å². The van der Waals surface area contributed by atoms with Gasteiger partial charge >= 0.3 is 6.03 Å². The van der Waals surface area contributed by atoms with Crippen LogP contribution in [0.5, 0.6) is 0 Å². The second kappa shape index (κ2) is 4.91. The molecule has 0 saturated heterocycles. The van der Waals surface area contributed by atoms with E-state index in [0.29, 0.717) is 10.7 Å². The fourth-order valence-electron chi connectivity index (χ4n) is 1.05. The standard InChI is InChI=1S/C12H13ClN2O/c1-4-12(2,3)15-11(16)14-10-7-5-6-9(13)8-10/h1,5-8H,2-3H3,(H2,14,15,16). The van der Waals surface area contributed by atoms with E-state index in [1.807, 2.05) is 0 Å². The summed E-state index contributed by atoms with van der Waals surface area (Å²) in [6.07, 6.45) is 5.26. The fourth-order valence-corrected chi connectivity index (χ4v) is 1.24. The van der Waals surface area contributed by atoms with Gasteiger partial charge in [0.05, 0.1) is 5.54 Å². The monoisotopic (exact) mass is 236 g/mol. The second-order valence-corrected chi connectivity index (χ2v) is 4.30. The number of carbonyl (C=O) groups excluding carboxylic acids is 1. The van der Waals surface area contributed by atoms with Gasteiger partial charge in [0.2, 0.25) is 0 Å². The summed E-state index contributed by atoms with van der Waals surface area (Å²) in [5.74, 6) is 2.47. The lowest BCUT2D eigenvalue weighted by molar-refractivity contribution is 0.247. The van der Waals surface area contributed by atoms with Gasteiger partial charge in [0.15, 0.2) is 0 Å². The third-order valence-corrected chi connectivity index (χ3v) is 2.10. The highest BCUT2D eigenvalue weighted by Crippen LogP contribution is 2.14. The molecule has 3 nitrogen and oxygen atoms in total. The SMILES string of the molecule is C#CC(C)(C)NC(=O)Nc1cccc(Cl)c1. The van der Waals surface area contributed by atoms with Crippen molar-refractivity contribution in [2.75, 3.05) is 5.32 Å². The normalized spacial score (nSPS) is 10.4. The molecular formula is C12H13ClN2O. The molecule has 0 aliphatic carbocycles. The molecule has 0 aliphatic heterocycles. The molecule has 0 fully saturated rings. The van der Waals surface area contributed by atoms with Crippen molar-refractivity contribution in [2.24, 2.45) is 0 Å². The molecule has 0 saturated carbocycles. The van der Waals surface area contributed by atoms with E-state index in [0.717, 1.165) is 0 Å². The van der Waals surface area contributed by atoms with Crippen LogP contribution in [0.4, 0.5) is 10.5 Å². The van der Waals surface area contributed by atoms with Crippen LogP contribution in [0.3, 0.4) is 0 Å². The van der Waals surface area contributed by atoms with Gasteiger partial charge in [0.1, 0.15) is 0 Å². The molecule has 0 radical (unpaired) electrons. The zero-order valence-corrected chi connectivity index (χ0v) is 9.93. The van der Waals surface area contributed by atoms with E-state index in [4.69, 9.17) is 18.0 Å². The van der Waals surface area contributed by atoms with Crippen LogP contribution < -0.4 is 10.6 Å². The molecule has 0 aromatic heterocycles. The lowest BCUT2D eigenvalue weighted by Crippen LogP contribution is -2.44. The quantitative estimate of drug-likeness (QED) is 0.762. The van der Waals surface area contributed by atoms with Crippen LogP contribution in [-0.2, 0) is 0 Å². The van der Waals surface area contributed by atoms with E-state index >= 15 is 0 Å². The Balaban J connectivity index is 2.63. The molecule has 0 atom stereocenters. The average molecular weight is 237 g/mol. The molecule has 0 spiro atoms. The predicted octanol–water partition coefficient (Wildman–Crippen LogP) is 2.87. The summed E-state index contributed by atoms with van der Waals surface area (Å²) < 4.78 is 0. The maximum Gasteiger partial charge on any atom is 0.320 e. The molecule has 2 amide bonds. The Hall–Kier alpha value is -1.66. The Kier molecular flexibility index (Phi) is 3.81. The summed E-state index contributed by atoms with van der Waals surface area (Å²) >= 11 is 5.78. The summed E-state index contributed by atoms with van der Waals surface area (Å²) in [5, 5.41) is 5.85. The highest BCUT2D eigenvalue weighted by atomic mass is 35.5. The number of anilines is 1. The third-order valence-electron chi connectivity index (χ3n) is 1.87. The maximum atomic E-state index is 11.5. The molecule has 16 heavy (non-hydrogen) atoms. The topological polar surface area (TPSA) is 41.1 Å². The van der Waals surface area contributed by atoms with Crippen molar-refractivity contribution in [3.8, 4) is 12.3 Å². The number of rotatable bonds is 2. The van der Waals surface area contributed by atoms with Crippen LogP contribution in [0.1, 0.15) is 13.8 Å². The van der Waals surface area contributed by atoms with E-state index in [9.17, 15) is 4.79 Å². The van der Waals surface area contributed by atoms with E-state index in [1.54, 1.807) is 38.1 Å². The maximum absolute atomic E-state index is 11.5. The van der Waals surface area contributed by atoms with Gasteiger partial charge < -0.3 is 10.6 Å². The lowest BCUT2D eigenvalue weighted by Gasteiger charge is -2.19. The zero-order valence-electron chi connectivity index (χ0n) is 9.17. The lowest BCUT2D eigenvalue weighted by atomic mass is 10.1. The summed E-state index contributed by atoms with van der Waals surface area (Å²) in [7, 11) is 0. The molecule has 1 aromatic carbocycles. The molecule has 0 unspecified atom stereocenters. The Labute approximate surface area is 100 Å². The summed E-state index contributed by atoms with van der Waals surface area (Å²) in [5.41, 5.74) is -0.0549. The van der Waals surface area contributed by atoms with E-state index in [1.165, 1.54) is 0 Å². The summed E-state index contributed by atoms with van der Waals surface area (Å²) in [6, 6.07) is 6.53.